The SMILES string of the molecule is COc1ccc(COCOC(CC(=O)/C(C)=C/CO[Si](C)(C)C(C)(C)C)[C@]2(C)C[C@@H](O[Si](C)(C)C(C)(C)C)CC2(C)C)cc1. The number of methoxy groups -OCH3 is 1. The van der Waals surface area contributed by atoms with Crippen molar-refractivity contribution in [2.24, 2.45) is 10.8 Å². The minimum absolute atomic E-state index is 0.0924. The van der Waals surface area contributed by atoms with Crippen molar-refractivity contribution in [3.63, 3.8) is 0 Å². The molecule has 1 aromatic carbocycles. The van der Waals surface area contributed by atoms with Crippen LogP contribution < -0.4 is 4.74 Å². The fraction of sp³-hybridized carbons (Fsp3) is 0.750. The molecule has 3 atom stereocenters. The van der Waals surface area contributed by atoms with E-state index in [-0.39, 0.29) is 45.7 Å². The first-order chi connectivity index (χ1) is 20.0. The van der Waals surface area contributed by atoms with Gasteiger partial charge in [-0.05, 0) is 84.7 Å². The van der Waals surface area contributed by atoms with Gasteiger partial charge in [0.1, 0.15) is 12.5 Å². The summed E-state index contributed by atoms with van der Waals surface area (Å²) < 4.78 is 31.1. The number of carbonyl (C=O) groups excluding carboxylic acids is 1. The fourth-order valence-corrected chi connectivity index (χ4v) is 7.67. The Bertz CT molecular complexity index is 1110. The lowest BCUT2D eigenvalue weighted by Crippen LogP contribution is -2.45. The fourth-order valence-electron chi connectivity index (χ4n) is 5.38. The molecule has 1 fully saturated rings. The standard InChI is InChI=1S/C36H64O6Si2/c1-27(20-21-41-43(12,13)33(2,3)4)31(37)22-32(40-26-39-25-28-16-18-29(38-11)19-17-28)36(10)24-30(23-35(36,8)9)42-44(14,15)34(5,6)7/h16-20,30,32H,21-26H2,1-15H3/b27-20+/t30-,32?,36-/m0/s1. The predicted molar refractivity (Wildman–Crippen MR) is 187 cm³/mol. The van der Waals surface area contributed by atoms with Gasteiger partial charge in [-0.2, -0.15) is 0 Å². The van der Waals surface area contributed by atoms with E-state index in [1.165, 1.54) is 0 Å². The highest BCUT2D eigenvalue weighted by atomic mass is 28.4. The molecular formula is C36H64O6Si2. The molecule has 0 bridgehead atoms. The first-order valence-corrected chi connectivity index (χ1v) is 22.1. The highest BCUT2D eigenvalue weighted by Gasteiger charge is 2.56. The van der Waals surface area contributed by atoms with Crippen molar-refractivity contribution in [2.45, 2.75) is 144 Å². The van der Waals surface area contributed by atoms with Crippen LogP contribution in [0.25, 0.3) is 0 Å². The number of ether oxygens (including phenoxy) is 3. The van der Waals surface area contributed by atoms with Crippen molar-refractivity contribution >= 4 is 22.4 Å². The lowest BCUT2D eigenvalue weighted by atomic mass is 9.65. The monoisotopic (exact) mass is 648 g/mol. The summed E-state index contributed by atoms with van der Waals surface area (Å²) in [6, 6.07) is 7.83. The van der Waals surface area contributed by atoms with Crippen LogP contribution in [0.4, 0.5) is 0 Å². The van der Waals surface area contributed by atoms with Crippen molar-refractivity contribution in [2.75, 3.05) is 20.5 Å². The van der Waals surface area contributed by atoms with Gasteiger partial charge in [0.2, 0.25) is 0 Å². The zero-order chi connectivity index (χ0) is 33.8. The summed E-state index contributed by atoms with van der Waals surface area (Å²) in [6.07, 6.45) is 3.84. The van der Waals surface area contributed by atoms with E-state index in [1.54, 1.807) is 7.11 Å². The molecule has 2 rings (SSSR count). The Labute approximate surface area is 271 Å². The Hall–Kier alpha value is -1.30. The summed E-state index contributed by atoms with van der Waals surface area (Å²) in [5.41, 5.74) is 1.39. The molecule has 0 radical (unpaired) electrons. The molecule has 0 amide bonds. The summed E-state index contributed by atoms with van der Waals surface area (Å²) in [5, 5.41) is 0.251. The summed E-state index contributed by atoms with van der Waals surface area (Å²) in [5.74, 6) is 0.905. The van der Waals surface area contributed by atoms with Crippen molar-refractivity contribution in [3.05, 3.63) is 41.5 Å². The Morgan fingerprint density at radius 3 is 2.05 bits per heavy atom. The molecule has 0 heterocycles. The molecule has 6 nitrogen and oxygen atoms in total. The maximum absolute atomic E-state index is 13.7. The molecule has 1 aliphatic carbocycles. The topological polar surface area (TPSA) is 63.2 Å². The predicted octanol–water partition coefficient (Wildman–Crippen LogP) is 9.70. The molecule has 0 N–H and O–H groups in total. The van der Waals surface area contributed by atoms with Crippen LogP contribution in [-0.2, 0) is 29.7 Å². The zero-order valence-corrected chi connectivity index (χ0v) is 32.7. The number of hydrogen-bond acceptors (Lipinski definition) is 6. The summed E-state index contributed by atoms with van der Waals surface area (Å²) in [6.45, 7) is 32.4. The largest absolute Gasteiger partial charge is 0.497 e. The highest BCUT2D eigenvalue weighted by molar-refractivity contribution is 6.74. The third-order valence-electron chi connectivity index (χ3n) is 11.1. The van der Waals surface area contributed by atoms with E-state index in [1.807, 2.05) is 37.3 Å². The molecular weight excluding hydrogens is 585 g/mol. The average Bonchev–Trinajstić information content (AvgIpc) is 3.11. The van der Waals surface area contributed by atoms with Gasteiger partial charge in [0.15, 0.2) is 22.4 Å². The number of carbonyl (C=O) groups is 1. The smallest absolute Gasteiger partial charge is 0.192 e. The van der Waals surface area contributed by atoms with Gasteiger partial charge in [-0.15, -0.1) is 0 Å². The van der Waals surface area contributed by atoms with Crippen molar-refractivity contribution < 1.29 is 27.9 Å². The Kier molecular flexibility index (Phi) is 12.9. The zero-order valence-electron chi connectivity index (χ0n) is 30.7. The maximum atomic E-state index is 13.7. The van der Waals surface area contributed by atoms with E-state index in [9.17, 15) is 4.79 Å². The summed E-state index contributed by atoms with van der Waals surface area (Å²) in [7, 11) is -2.20. The Morgan fingerprint density at radius 1 is 0.955 bits per heavy atom. The second-order valence-corrected chi connectivity index (χ2v) is 26.3. The molecule has 1 saturated carbocycles. The number of ketones is 1. The van der Waals surface area contributed by atoms with Gasteiger partial charge in [0.25, 0.3) is 0 Å². The second-order valence-electron chi connectivity index (χ2n) is 16.8. The van der Waals surface area contributed by atoms with Crippen LogP contribution in [0.2, 0.25) is 36.3 Å². The van der Waals surface area contributed by atoms with Crippen molar-refractivity contribution in [1.82, 2.24) is 0 Å². The van der Waals surface area contributed by atoms with Crippen LogP contribution >= 0.6 is 0 Å². The molecule has 8 heteroatoms. The first kappa shape index (κ1) is 38.9. The number of Topliss-reactive ketones (excluding diaryl/α,β-unsaturated/α-hetero) is 1. The molecule has 44 heavy (non-hydrogen) atoms. The van der Waals surface area contributed by atoms with Gasteiger partial charge in [-0.3, -0.25) is 4.79 Å². The van der Waals surface area contributed by atoms with Gasteiger partial charge in [0.05, 0.1) is 26.4 Å². The van der Waals surface area contributed by atoms with Crippen LogP contribution in [0.5, 0.6) is 5.75 Å². The average molecular weight is 649 g/mol. The van der Waals surface area contributed by atoms with E-state index < -0.39 is 16.6 Å². The molecule has 0 aromatic heterocycles. The lowest BCUT2D eigenvalue weighted by molar-refractivity contribution is -0.158. The third kappa shape index (κ3) is 9.85. The van der Waals surface area contributed by atoms with Crippen LogP contribution in [0.1, 0.15) is 94.1 Å². The molecule has 1 aliphatic rings. The second kappa shape index (κ2) is 14.6. The number of hydrogen-bond donors (Lipinski definition) is 0. The van der Waals surface area contributed by atoms with E-state index in [0.29, 0.717) is 19.6 Å². The van der Waals surface area contributed by atoms with Gasteiger partial charge >= 0.3 is 0 Å². The molecule has 252 valence electrons. The lowest BCUT2D eigenvalue weighted by Gasteiger charge is -2.44. The third-order valence-corrected chi connectivity index (χ3v) is 20.2. The Morgan fingerprint density at radius 2 is 1.52 bits per heavy atom. The molecule has 1 aromatic rings. The summed E-state index contributed by atoms with van der Waals surface area (Å²) >= 11 is 0. The summed E-state index contributed by atoms with van der Waals surface area (Å²) in [4.78, 5) is 13.7. The van der Waals surface area contributed by atoms with Crippen molar-refractivity contribution in [1.29, 1.82) is 0 Å². The number of rotatable bonds is 15. The van der Waals surface area contributed by atoms with Crippen LogP contribution in [0.3, 0.4) is 0 Å². The van der Waals surface area contributed by atoms with Gasteiger partial charge < -0.3 is 23.1 Å². The normalized spacial score (nSPS) is 22.2. The van der Waals surface area contributed by atoms with Crippen LogP contribution in [0.15, 0.2) is 35.9 Å². The Balaban J connectivity index is 2.23. The van der Waals surface area contributed by atoms with E-state index in [2.05, 4.69) is 88.5 Å². The minimum Gasteiger partial charge on any atom is -0.497 e. The number of benzene rings is 1. The van der Waals surface area contributed by atoms with Crippen LogP contribution in [-0.4, -0.2) is 55.1 Å². The van der Waals surface area contributed by atoms with Gasteiger partial charge in [-0.25, -0.2) is 0 Å². The molecule has 1 unspecified atom stereocenters. The molecule has 0 aliphatic heterocycles. The molecule has 0 saturated heterocycles. The van der Waals surface area contributed by atoms with Crippen molar-refractivity contribution in [3.8, 4) is 5.75 Å². The number of allylic oxidation sites excluding steroid dienone is 1. The first-order valence-electron chi connectivity index (χ1n) is 16.3. The minimum atomic E-state index is -1.96. The van der Waals surface area contributed by atoms with Crippen LogP contribution in [0, 0.1) is 10.8 Å². The van der Waals surface area contributed by atoms with Gasteiger partial charge in [0, 0.05) is 17.9 Å². The van der Waals surface area contributed by atoms with Gasteiger partial charge in [-0.1, -0.05) is 80.5 Å². The van der Waals surface area contributed by atoms with E-state index in [4.69, 9.17) is 23.1 Å². The van der Waals surface area contributed by atoms with E-state index in [0.717, 1.165) is 29.7 Å². The quantitative estimate of drug-likeness (QED) is 0.0817. The van der Waals surface area contributed by atoms with E-state index >= 15 is 0 Å². The maximum Gasteiger partial charge on any atom is 0.192 e. The molecule has 0 spiro atoms. The highest BCUT2D eigenvalue weighted by Crippen LogP contribution is 2.57.